The maximum Gasteiger partial charge on any atom is 0.237 e. The van der Waals surface area contributed by atoms with E-state index in [1.165, 1.54) is 19.3 Å². The van der Waals surface area contributed by atoms with Gasteiger partial charge in [0.25, 0.3) is 0 Å². The van der Waals surface area contributed by atoms with Gasteiger partial charge in [-0.05, 0) is 26.2 Å². The van der Waals surface area contributed by atoms with Crippen molar-refractivity contribution < 1.29 is 9.53 Å². The lowest BCUT2D eigenvalue weighted by atomic mass is 9.97. The predicted molar refractivity (Wildman–Crippen MR) is 54.8 cm³/mol. The number of carbonyl (C=O) groups excluding carboxylic acids is 1. The van der Waals surface area contributed by atoms with E-state index >= 15 is 0 Å². The maximum absolute atomic E-state index is 10.2. The zero-order valence-electron chi connectivity index (χ0n) is 9.08. The minimum Gasteiger partial charge on any atom is -0.350 e. The monoisotopic (exact) mass is 197 g/mol. The molecule has 80 valence electrons. The Balaban J connectivity index is 2.49. The molecule has 1 rings (SSSR count). The van der Waals surface area contributed by atoms with Gasteiger partial charge in [-0.3, -0.25) is 0 Å². The molecule has 1 aliphatic rings. The molecule has 1 fully saturated rings. The van der Waals surface area contributed by atoms with Crippen molar-refractivity contribution in [2.75, 3.05) is 0 Å². The lowest BCUT2D eigenvalue weighted by Gasteiger charge is -2.30. The van der Waals surface area contributed by atoms with Crippen LogP contribution < -0.4 is 0 Å². The van der Waals surface area contributed by atoms with E-state index in [2.05, 4.69) is 4.99 Å². The molecular formula is C11H19NO2. The molecule has 0 spiro atoms. The van der Waals surface area contributed by atoms with Crippen LogP contribution in [0.5, 0.6) is 0 Å². The molecule has 1 saturated carbocycles. The number of isocyanates is 1. The second-order valence-corrected chi connectivity index (χ2v) is 4.11. The SMILES string of the molecule is CCC(C)(N=C=O)OC1CCCCC1. The lowest BCUT2D eigenvalue weighted by Crippen LogP contribution is -2.32. The zero-order chi connectivity index (χ0) is 10.4. The van der Waals surface area contributed by atoms with Crippen molar-refractivity contribution in [3.05, 3.63) is 0 Å². The van der Waals surface area contributed by atoms with Gasteiger partial charge in [-0.1, -0.05) is 26.2 Å². The Bertz CT molecular complexity index is 217. The Kier molecular flexibility index (Phi) is 4.30. The fourth-order valence-electron chi connectivity index (χ4n) is 1.83. The number of aliphatic imine (C=N–C) groups is 1. The van der Waals surface area contributed by atoms with E-state index < -0.39 is 5.72 Å². The standard InChI is InChI=1S/C11H19NO2/c1-3-11(2,12-9-13)14-10-7-5-4-6-8-10/h10H,3-8H2,1-2H3. The zero-order valence-corrected chi connectivity index (χ0v) is 9.08. The highest BCUT2D eigenvalue weighted by molar-refractivity contribution is 5.34. The summed E-state index contributed by atoms with van der Waals surface area (Å²) in [6.07, 6.45) is 8.57. The van der Waals surface area contributed by atoms with Crippen LogP contribution in [-0.4, -0.2) is 17.9 Å². The summed E-state index contributed by atoms with van der Waals surface area (Å²) in [7, 11) is 0. The van der Waals surface area contributed by atoms with Gasteiger partial charge in [0.15, 0.2) is 5.72 Å². The Morgan fingerprint density at radius 3 is 2.57 bits per heavy atom. The molecule has 0 radical (unpaired) electrons. The summed E-state index contributed by atoms with van der Waals surface area (Å²) < 4.78 is 5.84. The molecule has 0 aromatic rings. The molecule has 0 aliphatic heterocycles. The van der Waals surface area contributed by atoms with Crippen LogP contribution in [0.1, 0.15) is 52.4 Å². The third-order valence-corrected chi connectivity index (χ3v) is 2.91. The van der Waals surface area contributed by atoms with E-state index in [-0.39, 0.29) is 6.10 Å². The van der Waals surface area contributed by atoms with E-state index in [1.807, 2.05) is 13.8 Å². The summed E-state index contributed by atoms with van der Waals surface area (Å²) in [5.74, 6) is 0. The van der Waals surface area contributed by atoms with Gasteiger partial charge < -0.3 is 4.74 Å². The lowest BCUT2D eigenvalue weighted by molar-refractivity contribution is -0.0915. The van der Waals surface area contributed by atoms with Crippen LogP contribution in [0.25, 0.3) is 0 Å². The summed E-state index contributed by atoms with van der Waals surface area (Å²) in [4.78, 5) is 14.0. The van der Waals surface area contributed by atoms with Crippen LogP contribution >= 0.6 is 0 Å². The average molecular weight is 197 g/mol. The van der Waals surface area contributed by atoms with Crippen molar-refractivity contribution in [1.82, 2.24) is 0 Å². The normalized spacial score (nSPS) is 22.4. The molecule has 1 aliphatic carbocycles. The second-order valence-electron chi connectivity index (χ2n) is 4.11. The number of hydrogen-bond donors (Lipinski definition) is 0. The van der Waals surface area contributed by atoms with E-state index in [0.717, 1.165) is 19.3 Å². The summed E-state index contributed by atoms with van der Waals surface area (Å²) in [6, 6.07) is 0. The van der Waals surface area contributed by atoms with Crippen LogP contribution in [-0.2, 0) is 9.53 Å². The average Bonchev–Trinajstić information content (AvgIpc) is 2.20. The van der Waals surface area contributed by atoms with E-state index in [4.69, 9.17) is 4.74 Å². The van der Waals surface area contributed by atoms with Gasteiger partial charge >= 0.3 is 0 Å². The molecule has 14 heavy (non-hydrogen) atoms. The minimum absolute atomic E-state index is 0.283. The van der Waals surface area contributed by atoms with Crippen molar-refractivity contribution in [3.63, 3.8) is 0 Å². The van der Waals surface area contributed by atoms with Crippen molar-refractivity contribution in [3.8, 4) is 0 Å². The third-order valence-electron chi connectivity index (χ3n) is 2.91. The Hall–Kier alpha value is -0.660. The molecule has 3 nitrogen and oxygen atoms in total. The molecule has 0 saturated heterocycles. The van der Waals surface area contributed by atoms with Crippen LogP contribution in [0.4, 0.5) is 0 Å². The van der Waals surface area contributed by atoms with Crippen molar-refractivity contribution in [2.24, 2.45) is 4.99 Å². The quantitative estimate of drug-likeness (QED) is 0.513. The van der Waals surface area contributed by atoms with Crippen molar-refractivity contribution in [1.29, 1.82) is 0 Å². The van der Waals surface area contributed by atoms with Crippen molar-refractivity contribution in [2.45, 2.75) is 64.2 Å². The van der Waals surface area contributed by atoms with E-state index in [9.17, 15) is 4.79 Å². The first-order valence-electron chi connectivity index (χ1n) is 5.47. The molecule has 0 amide bonds. The van der Waals surface area contributed by atoms with Gasteiger partial charge in [0.2, 0.25) is 6.08 Å². The first kappa shape index (κ1) is 11.4. The van der Waals surface area contributed by atoms with Gasteiger partial charge in [0.05, 0.1) is 6.10 Å². The highest BCUT2D eigenvalue weighted by Gasteiger charge is 2.27. The van der Waals surface area contributed by atoms with E-state index in [0.29, 0.717) is 0 Å². The number of nitrogens with zero attached hydrogens (tertiary/aromatic N) is 1. The van der Waals surface area contributed by atoms with Crippen LogP contribution in [0.2, 0.25) is 0 Å². The Morgan fingerprint density at radius 1 is 1.43 bits per heavy atom. The highest BCUT2D eigenvalue weighted by Crippen LogP contribution is 2.27. The first-order valence-corrected chi connectivity index (χ1v) is 5.47. The fourth-order valence-corrected chi connectivity index (χ4v) is 1.83. The van der Waals surface area contributed by atoms with Gasteiger partial charge in [-0.2, -0.15) is 4.99 Å². The molecule has 3 heteroatoms. The molecule has 1 atom stereocenters. The molecule has 0 aromatic carbocycles. The third kappa shape index (κ3) is 3.24. The summed E-state index contributed by atoms with van der Waals surface area (Å²) >= 11 is 0. The fraction of sp³-hybridized carbons (Fsp3) is 0.909. The largest absolute Gasteiger partial charge is 0.350 e. The van der Waals surface area contributed by atoms with Gasteiger partial charge in [0, 0.05) is 0 Å². The molecule has 0 N–H and O–H groups in total. The minimum atomic E-state index is -0.649. The summed E-state index contributed by atoms with van der Waals surface area (Å²) in [6.45, 7) is 3.83. The summed E-state index contributed by atoms with van der Waals surface area (Å²) in [5, 5.41) is 0. The van der Waals surface area contributed by atoms with E-state index in [1.54, 1.807) is 6.08 Å². The molecule has 1 unspecified atom stereocenters. The first-order chi connectivity index (χ1) is 6.70. The predicted octanol–water partition coefficient (Wildman–Crippen LogP) is 2.80. The van der Waals surface area contributed by atoms with Crippen LogP contribution in [0, 0.1) is 0 Å². The molecule has 0 aromatic heterocycles. The van der Waals surface area contributed by atoms with Gasteiger partial charge in [-0.25, -0.2) is 4.79 Å². The summed E-state index contributed by atoms with van der Waals surface area (Å²) in [5.41, 5.74) is -0.649. The topological polar surface area (TPSA) is 38.7 Å². The molecule has 0 heterocycles. The molecular weight excluding hydrogens is 178 g/mol. The number of hydrogen-bond acceptors (Lipinski definition) is 3. The second kappa shape index (κ2) is 5.28. The molecule has 0 bridgehead atoms. The van der Waals surface area contributed by atoms with Gasteiger partial charge in [-0.15, -0.1) is 0 Å². The number of ether oxygens (including phenoxy) is 1. The maximum atomic E-state index is 10.2. The smallest absolute Gasteiger partial charge is 0.237 e. The Labute approximate surface area is 85.6 Å². The van der Waals surface area contributed by atoms with Crippen LogP contribution in [0.3, 0.4) is 0 Å². The van der Waals surface area contributed by atoms with Gasteiger partial charge in [0.1, 0.15) is 0 Å². The Morgan fingerprint density at radius 2 is 2.07 bits per heavy atom. The number of rotatable bonds is 4. The van der Waals surface area contributed by atoms with Crippen molar-refractivity contribution >= 4 is 6.08 Å². The van der Waals surface area contributed by atoms with Crippen LogP contribution in [0.15, 0.2) is 4.99 Å². The highest BCUT2D eigenvalue weighted by atomic mass is 16.5.